The molecule has 0 radical (unpaired) electrons. The van der Waals surface area contributed by atoms with Crippen molar-refractivity contribution in [1.29, 1.82) is 0 Å². The minimum absolute atomic E-state index is 0.0625. The maximum absolute atomic E-state index is 12.5. The quantitative estimate of drug-likeness (QED) is 0.815. The van der Waals surface area contributed by atoms with Gasteiger partial charge < -0.3 is 19.7 Å². The first-order valence-electron chi connectivity index (χ1n) is 8.59. The molecule has 2 aromatic carbocycles. The fourth-order valence-electron chi connectivity index (χ4n) is 3.05. The molecule has 1 N–H and O–H groups in total. The van der Waals surface area contributed by atoms with E-state index in [4.69, 9.17) is 9.47 Å². The molecule has 1 heterocycles. The molecular weight excluding hydrogens is 316 g/mol. The minimum atomic E-state index is -0.0625. The molecule has 0 spiro atoms. The normalized spacial score (nSPS) is 16.7. The number of urea groups is 1. The number of ether oxygens (including phenoxy) is 2. The predicted octanol–water partition coefficient (Wildman–Crippen LogP) is 3.73. The highest BCUT2D eigenvalue weighted by atomic mass is 16.5. The summed E-state index contributed by atoms with van der Waals surface area (Å²) >= 11 is 0. The van der Waals surface area contributed by atoms with Crippen LogP contribution in [0.4, 0.5) is 10.5 Å². The van der Waals surface area contributed by atoms with Crippen molar-refractivity contribution in [2.75, 3.05) is 38.7 Å². The fourth-order valence-corrected chi connectivity index (χ4v) is 3.05. The Kier molecular flexibility index (Phi) is 5.90. The summed E-state index contributed by atoms with van der Waals surface area (Å²) in [7, 11) is 1.64. The van der Waals surface area contributed by atoms with Crippen LogP contribution in [0.5, 0.6) is 5.75 Å². The highest BCUT2D eigenvalue weighted by Crippen LogP contribution is 2.27. The highest BCUT2D eigenvalue weighted by molar-refractivity contribution is 5.89. The van der Waals surface area contributed by atoms with E-state index >= 15 is 0 Å². The smallest absolute Gasteiger partial charge is 0.321 e. The summed E-state index contributed by atoms with van der Waals surface area (Å²) in [5, 5.41) is 2.96. The van der Waals surface area contributed by atoms with E-state index < -0.39 is 0 Å². The monoisotopic (exact) mass is 340 g/mol. The van der Waals surface area contributed by atoms with E-state index in [0.29, 0.717) is 19.1 Å². The maximum Gasteiger partial charge on any atom is 0.321 e. The molecule has 5 nitrogen and oxygen atoms in total. The molecule has 1 aliphatic heterocycles. The average Bonchev–Trinajstić information content (AvgIpc) is 3.13. The molecule has 0 aliphatic carbocycles. The third-order valence-electron chi connectivity index (χ3n) is 4.39. The van der Waals surface area contributed by atoms with Crippen LogP contribution in [0.3, 0.4) is 0 Å². The summed E-state index contributed by atoms with van der Waals surface area (Å²) in [5.74, 6) is 1.13. The number of nitrogens with zero attached hydrogens (tertiary/aromatic N) is 1. The molecule has 1 aliphatic rings. The molecular formula is C20H24N2O3. The van der Waals surface area contributed by atoms with E-state index in [2.05, 4.69) is 17.4 Å². The number of rotatable bonds is 6. The second kappa shape index (κ2) is 8.53. The molecule has 1 fully saturated rings. The van der Waals surface area contributed by atoms with E-state index in [9.17, 15) is 4.79 Å². The number of methoxy groups -OCH3 is 1. The Balaban J connectivity index is 1.55. The van der Waals surface area contributed by atoms with Gasteiger partial charge in [0.2, 0.25) is 0 Å². The molecule has 2 aromatic rings. The van der Waals surface area contributed by atoms with Gasteiger partial charge in [-0.05, 0) is 24.1 Å². The standard InChI is InChI=1S/C20H24N2O3/c1-24-12-13-25-19-9-5-8-18(14-19)21-20(23)22-11-10-17(15-22)16-6-3-2-4-7-16/h2-9,14,17H,10-13,15H2,1H3,(H,21,23). The Bertz CT molecular complexity index is 690. The van der Waals surface area contributed by atoms with Crippen molar-refractivity contribution in [1.82, 2.24) is 4.90 Å². The number of carbonyl (C=O) groups is 1. The zero-order valence-electron chi connectivity index (χ0n) is 14.5. The summed E-state index contributed by atoms with van der Waals surface area (Å²) in [6.07, 6.45) is 0.998. The number of benzene rings is 2. The van der Waals surface area contributed by atoms with E-state index in [1.807, 2.05) is 47.4 Å². The van der Waals surface area contributed by atoms with Crippen molar-refractivity contribution in [3.05, 3.63) is 60.2 Å². The van der Waals surface area contributed by atoms with Gasteiger partial charge in [0.15, 0.2) is 0 Å². The molecule has 5 heteroatoms. The van der Waals surface area contributed by atoms with Gasteiger partial charge in [-0.15, -0.1) is 0 Å². The molecule has 3 rings (SSSR count). The van der Waals surface area contributed by atoms with Gasteiger partial charge in [0.05, 0.1) is 6.61 Å². The van der Waals surface area contributed by atoms with Crippen molar-refractivity contribution in [2.45, 2.75) is 12.3 Å². The first-order valence-corrected chi connectivity index (χ1v) is 8.59. The van der Waals surface area contributed by atoms with Crippen molar-refractivity contribution in [3.8, 4) is 5.75 Å². The molecule has 1 saturated heterocycles. The van der Waals surface area contributed by atoms with Gasteiger partial charge in [0.25, 0.3) is 0 Å². The lowest BCUT2D eigenvalue weighted by Crippen LogP contribution is -2.32. The second-order valence-corrected chi connectivity index (χ2v) is 6.14. The number of carbonyl (C=O) groups excluding carboxylic acids is 1. The van der Waals surface area contributed by atoms with Gasteiger partial charge in [-0.25, -0.2) is 4.79 Å². The summed E-state index contributed by atoms with van der Waals surface area (Å²) in [6.45, 7) is 2.54. The van der Waals surface area contributed by atoms with E-state index in [-0.39, 0.29) is 6.03 Å². The summed E-state index contributed by atoms with van der Waals surface area (Å²) < 4.78 is 10.6. The number of amides is 2. The van der Waals surface area contributed by atoms with Gasteiger partial charge >= 0.3 is 6.03 Å². The lowest BCUT2D eigenvalue weighted by molar-refractivity contribution is 0.146. The zero-order valence-corrected chi connectivity index (χ0v) is 14.5. The largest absolute Gasteiger partial charge is 0.491 e. The van der Waals surface area contributed by atoms with Crippen molar-refractivity contribution >= 4 is 11.7 Å². The summed E-state index contributed by atoms with van der Waals surface area (Å²) in [4.78, 5) is 14.4. The molecule has 1 atom stereocenters. The topological polar surface area (TPSA) is 50.8 Å². The molecule has 2 amide bonds. The fraction of sp³-hybridized carbons (Fsp3) is 0.350. The first-order chi connectivity index (χ1) is 12.3. The lowest BCUT2D eigenvalue weighted by atomic mass is 9.99. The Labute approximate surface area is 148 Å². The van der Waals surface area contributed by atoms with E-state index in [0.717, 1.165) is 30.9 Å². The number of hydrogen-bond acceptors (Lipinski definition) is 3. The number of nitrogens with one attached hydrogen (secondary N) is 1. The molecule has 0 bridgehead atoms. The predicted molar refractivity (Wildman–Crippen MR) is 98.2 cm³/mol. The third kappa shape index (κ3) is 4.73. The van der Waals surface area contributed by atoms with Gasteiger partial charge in [0.1, 0.15) is 12.4 Å². The minimum Gasteiger partial charge on any atom is -0.491 e. The Hall–Kier alpha value is -2.53. The highest BCUT2D eigenvalue weighted by Gasteiger charge is 2.27. The van der Waals surface area contributed by atoms with Crippen molar-refractivity contribution < 1.29 is 14.3 Å². The van der Waals surface area contributed by atoms with Crippen LogP contribution in [0.1, 0.15) is 17.9 Å². The summed E-state index contributed by atoms with van der Waals surface area (Å²) in [5.41, 5.74) is 2.04. The van der Waals surface area contributed by atoms with Gasteiger partial charge in [-0.2, -0.15) is 0 Å². The van der Waals surface area contributed by atoms with Gasteiger partial charge in [-0.3, -0.25) is 0 Å². The molecule has 1 unspecified atom stereocenters. The van der Waals surface area contributed by atoms with Crippen molar-refractivity contribution in [3.63, 3.8) is 0 Å². The van der Waals surface area contributed by atoms with Crippen LogP contribution >= 0.6 is 0 Å². The van der Waals surface area contributed by atoms with Crippen LogP contribution in [0.2, 0.25) is 0 Å². The first kappa shape index (κ1) is 17.3. The van der Waals surface area contributed by atoms with Crippen LogP contribution in [-0.2, 0) is 4.74 Å². The SMILES string of the molecule is COCCOc1cccc(NC(=O)N2CCC(c3ccccc3)C2)c1. The average molecular weight is 340 g/mol. The van der Waals surface area contributed by atoms with E-state index in [1.54, 1.807) is 7.11 Å². The van der Waals surface area contributed by atoms with Crippen LogP contribution < -0.4 is 10.1 Å². The number of hydrogen-bond donors (Lipinski definition) is 1. The van der Waals surface area contributed by atoms with Crippen molar-refractivity contribution in [2.24, 2.45) is 0 Å². The molecule has 0 saturated carbocycles. The maximum atomic E-state index is 12.5. The third-order valence-corrected chi connectivity index (χ3v) is 4.39. The van der Waals surface area contributed by atoms with Crippen LogP contribution in [0.15, 0.2) is 54.6 Å². The van der Waals surface area contributed by atoms with Crippen LogP contribution in [0, 0.1) is 0 Å². The molecule has 132 valence electrons. The Morgan fingerprint density at radius 2 is 2.00 bits per heavy atom. The van der Waals surface area contributed by atoms with Gasteiger partial charge in [-0.1, -0.05) is 36.4 Å². The number of likely N-dealkylation sites (tertiary alicyclic amines) is 1. The van der Waals surface area contributed by atoms with E-state index in [1.165, 1.54) is 5.56 Å². The van der Waals surface area contributed by atoms with Gasteiger partial charge in [0, 0.05) is 37.9 Å². The number of anilines is 1. The lowest BCUT2D eigenvalue weighted by Gasteiger charge is -2.18. The Morgan fingerprint density at radius 1 is 1.16 bits per heavy atom. The second-order valence-electron chi connectivity index (χ2n) is 6.14. The Morgan fingerprint density at radius 3 is 2.80 bits per heavy atom. The molecule has 25 heavy (non-hydrogen) atoms. The van der Waals surface area contributed by atoms with Crippen LogP contribution in [0.25, 0.3) is 0 Å². The summed E-state index contributed by atoms with van der Waals surface area (Å²) in [6, 6.07) is 17.8. The zero-order chi connectivity index (χ0) is 17.5. The molecule has 0 aromatic heterocycles. The van der Waals surface area contributed by atoms with Crippen LogP contribution in [-0.4, -0.2) is 44.3 Å².